The second-order valence-corrected chi connectivity index (χ2v) is 4.24. The second-order valence-electron chi connectivity index (χ2n) is 2.57. The molecular weight excluding hydrogens is 201 g/mol. The predicted octanol–water partition coefficient (Wildman–Crippen LogP) is 1.29. The highest BCUT2D eigenvalue weighted by Gasteiger charge is 2.02. The van der Waals surface area contributed by atoms with Crippen LogP contribution in [0.3, 0.4) is 0 Å². The Balaban J connectivity index is 2.41. The van der Waals surface area contributed by atoms with Gasteiger partial charge in [0, 0.05) is 5.56 Å². The van der Waals surface area contributed by atoms with Gasteiger partial charge in [-0.15, -0.1) is 19.4 Å². The molecule has 2 rings (SSSR count). The predicted molar refractivity (Wildman–Crippen MR) is 59.1 cm³/mol. The molecule has 0 fully saturated rings. The molecule has 5 heteroatoms. The maximum Gasteiger partial charge on any atom is 0.203 e. The number of hydrogen-bond acceptors (Lipinski definition) is 4. The number of benzene rings is 1. The van der Waals surface area contributed by atoms with Gasteiger partial charge in [0.05, 0.1) is 0 Å². The fourth-order valence-electron chi connectivity index (χ4n) is 0.977. The van der Waals surface area contributed by atoms with Crippen molar-refractivity contribution in [1.82, 2.24) is 10.2 Å². The summed E-state index contributed by atoms with van der Waals surface area (Å²) < 4.78 is 0. The first-order valence-electron chi connectivity index (χ1n) is 3.70. The fourth-order valence-corrected chi connectivity index (χ4v) is 1.78. The zero-order valence-corrected chi connectivity index (χ0v) is 8.74. The number of aromatic nitrogens is 2. The topological polar surface area (TPSA) is 51.8 Å². The lowest BCUT2D eigenvalue weighted by molar-refractivity contribution is 1.10. The highest BCUT2D eigenvalue weighted by Crippen LogP contribution is 2.23. The van der Waals surface area contributed by atoms with Gasteiger partial charge in [0.1, 0.15) is 5.01 Å². The number of rotatable bonds is 1. The second kappa shape index (κ2) is 3.40. The van der Waals surface area contributed by atoms with Crippen LogP contribution < -0.4 is 11.0 Å². The molecule has 1 heterocycles. The monoisotopic (exact) mass is 209 g/mol. The van der Waals surface area contributed by atoms with E-state index in [4.69, 9.17) is 5.73 Å². The molecule has 1 aromatic heterocycles. The summed E-state index contributed by atoms with van der Waals surface area (Å²) in [5.74, 6) is 0. The lowest BCUT2D eigenvalue weighted by atomic mass is 10.2. The molecule has 2 N–H and O–H groups in total. The molecule has 0 bridgehead atoms. The molecule has 0 saturated carbocycles. The summed E-state index contributed by atoms with van der Waals surface area (Å²) in [4.78, 5) is 0. The third-order valence-corrected chi connectivity index (χ3v) is 2.78. The Morgan fingerprint density at radius 3 is 2.38 bits per heavy atom. The van der Waals surface area contributed by atoms with Crippen LogP contribution in [0.25, 0.3) is 10.6 Å². The van der Waals surface area contributed by atoms with Gasteiger partial charge in [-0.2, -0.15) is 0 Å². The van der Waals surface area contributed by atoms with Crippen molar-refractivity contribution in [3.63, 3.8) is 0 Å². The van der Waals surface area contributed by atoms with E-state index in [0.717, 1.165) is 15.9 Å². The first-order chi connectivity index (χ1) is 6.25. The Hall–Kier alpha value is -0.990. The number of nitrogens with two attached hydrogens (primary N) is 1. The van der Waals surface area contributed by atoms with E-state index in [1.165, 1.54) is 11.3 Å². The van der Waals surface area contributed by atoms with Gasteiger partial charge >= 0.3 is 0 Å². The van der Waals surface area contributed by atoms with Crippen molar-refractivity contribution in [2.75, 3.05) is 5.73 Å². The van der Waals surface area contributed by atoms with Crippen LogP contribution in [0.2, 0.25) is 0 Å². The Labute approximate surface area is 82.2 Å². The largest absolute Gasteiger partial charge is 0.374 e. The van der Waals surface area contributed by atoms with Crippen LogP contribution in [0.15, 0.2) is 24.3 Å². The van der Waals surface area contributed by atoms with Gasteiger partial charge in [0.2, 0.25) is 5.13 Å². The van der Waals surface area contributed by atoms with Crippen molar-refractivity contribution >= 4 is 31.0 Å². The lowest BCUT2D eigenvalue weighted by Gasteiger charge is -1.94. The quantitative estimate of drug-likeness (QED) is 0.720. The summed E-state index contributed by atoms with van der Waals surface area (Å²) >= 11 is 1.40. The van der Waals surface area contributed by atoms with Crippen LogP contribution in [0.4, 0.5) is 5.13 Å². The van der Waals surface area contributed by atoms with Crippen molar-refractivity contribution in [3.8, 4) is 10.6 Å². The van der Waals surface area contributed by atoms with E-state index in [1.54, 1.807) is 0 Å². The standard InChI is InChI=1S/C8H8N3PS/c9-8-11-10-7(13-8)5-1-3-6(12)4-2-5/h1-4H,12H2,(H2,9,11). The number of anilines is 1. The Kier molecular flexibility index (Phi) is 2.25. The molecule has 0 aliphatic heterocycles. The molecule has 1 unspecified atom stereocenters. The van der Waals surface area contributed by atoms with Crippen LogP contribution in [0.1, 0.15) is 0 Å². The zero-order chi connectivity index (χ0) is 9.26. The molecule has 0 saturated heterocycles. The van der Waals surface area contributed by atoms with E-state index in [1.807, 2.05) is 24.3 Å². The molecular formula is C8H8N3PS. The average molecular weight is 209 g/mol. The summed E-state index contributed by atoms with van der Waals surface area (Å²) in [5.41, 5.74) is 6.54. The molecule has 0 radical (unpaired) electrons. The van der Waals surface area contributed by atoms with Crippen molar-refractivity contribution in [2.24, 2.45) is 0 Å². The SMILES string of the molecule is Nc1nnc(-c2ccc(P)cc2)s1. The average Bonchev–Trinajstić information content (AvgIpc) is 2.53. The molecule has 0 aliphatic rings. The van der Waals surface area contributed by atoms with Crippen molar-refractivity contribution in [1.29, 1.82) is 0 Å². The van der Waals surface area contributed by atoms with Crippen molar-refractivity contribution in [3.05, 3.63) is 24.3 Å². The minimum absolute atomic E-state index is 0.505. The van der Waals surface area contributed by atoms with Gasteiger partial charge in [-0.1, -0.05) is 35.6 Å². The molecule has 0 amide bonds. The molecule has 1 aromatic carbocycles. The van der Waals surface area contributed by atoms with E-state index in [2.05, 4.69) is 19.4 Å². The van der Waals surface area contributed by atoms with Crippen molar-refractivity contribution in [2.45, 2.75) is 0 Å². The summed E-state index contributed by atoms with van der Waals surface area (Å²) in [7, 11) is 2.64. The highest BCUT2D eigenvalue weighted by molar-refractivity contribution is 7.27. The fraction of sp³-hybridized carbons (Fsp3) is 0. The van der Waals surface area contributed by atoms with Gasteiger partial charge < -0.3 is 5.73 Å². The Bertz CT molecular complexity index is 410. The summed E-state index contributed by atoms with van der Waals surface area (Å²) in [6, 6.07) is 8.03. The Morgan fingerprint density at radius 1 is 1.15 bits per heavy atom. The van der Waals surface area contributed by atoms with Crippen LogP contribution in [-0.4, -0.2) is 10.2 Å². The maximum absolute atomic E-state index is 5.49. The molecule has 1 atom stereocenters. The third kappa shape index (κ3) is 1.85. The normalized spacial score (nSPS) is 10.2. The van der Waals surface area contributed by atoms with Crippen LogP contribution in [0.5, 0.6) is 0 Å². The summed E-state index contributed by atoms with van der Waals surface area (Å²) in [6.07, 6.45) is 0. The van der Waals surface area contributed by atoms with Gasteiger partial charge in [0.15, 0.2) is 0 Å². The van der Waals surface area contributed by atoms with Crippen LogP contribution in [-0.2, 0) is 0 Å². The van der Waals surface area contributed by atoms with E-state index < -0.39 is 0 Å². The molecule has 0 spiro atoms. The van der Waals surface area contributed by atoms with E-state index >= 15 is 0 Å². The van der Waals surface area contributed by atoms with Gasteiger partial charge in [-0.3, -0.25) is 0 Å². The van der Waals surface area contributed by atoms with Crippen molar-refractivity contribution < 1.29 is 0 Å². The smallest absolute Gasteiger partial charge is 0.203 e. The van der Waals surface area contributed by atoms with Gasteiger partial charge in [-0.05, 0) is 5.30 Å². The summed E-state index contributed by atoms with van der Waals surface area (Å²) in [5, 5.41) is 10.2. The highest BCUT2D eigenvalue weighted by atomic mass is 32.1. The Morgan fingerprint density at radius 2 is 1.85 bits per heavy atom. The number of hydrogen-bond donors (Lipinski definition) is 1. The first-order valence-corrected chi connectivity index (χ1v) is 5.10. The third-order valence-electron chi connectivity index (χ3n) is 1.60. The first kappa shape index (κ1) is 8.60. The molecule has 66 valence electrons. The van der Waals surface area contributed by atoms with E-state index in [9.17, 15) is 0 Å². The zero-order valence-electron chi connectivity index (χ0n) is 6.77. The minimum Gasteiger partial charge on any atom is -0.374 e. The van der Waals surface area contributed by atoms with E-state index in [0.29, 0.717) is 5.13 Å². The minimum atomic E-state index is 0.505. The number of nitrogens with zero attached hydrogens (tertiary/aromatic N) is 2. The van der Waals surface area contributed by atoms with E-state index in [-0.39, 0.29) is 0 Å². The lowest BCUT2D eigenvalue weighted by Crippen LogP contribution is -1.87. The molecule has 3 nitrogen and oxygen atoms in total. The van der Waals surface area contributed by atoms with Gasteiger partial charge in [0.25, 0.3) is 0 Å². The molecule has 13 heavy (non-hydrogen) atoms. The molecule has 2 aromatic rings. The van der Waals surface area contributed by atoms with Gasteiger partial charge in [-0.25, -0.2) is 0 Å². The van der Waals surface area contributed by atoms with Crippen LogP contribution >= 0.6 is 20.6 Å². The number of nitrogen functional groups attached to an aromatic ring is 1. The van der Waals surface area contributed by atoms with Crippen LogP contribution in [0, 0.1) is 0 Å². The summed E-state index contributed by atoms with van der Waals surface area (Å²) in [6.45, 7) is 0. The maximum atomic E-state index is 5.49. The molecule has 0 aliphatic carbocycles.